The number of methoxy groups -OCH3 is 2. The average Bonchev–Trinajstić information content (AvgIpc) is 3.15. The monoisotopic (exact) mass is 377 g/mol. The van der Waals surface area contributed by atoms with Gasteiger partial charge in [-0.25, -0.2) is 0 Å². The number of thiophene rings is 1. The highest BCUT2D eigenvalue weighted by Crippen LogP contribution is 2.28. The van der Waals surface area contributed by atoms with Crippen LogP contribution in [0.3, 0.4) is 0 Å². The fourth-order valence-corrected chi connectivity index (χ4v) is 3.30. The van der Waals surface area contributed by atoms with Crippen LogP contribution in [-0.2, 0) is 9.59 Å². The molecule has 7 nitrogen and oxygen atoms in total. The van der Waals surface area contributed by atoms with Crippen LogP contribution in [0, 0.1) is 0 Å². The Kier molecular flexibility index (Phi) is 6.99. The third-order valence-corrected chi connectivity index (χ3v) is 4.79. The molecule has 1 aromatic carbocycles. The number of amides is 2. The summed E-state index contributed by atoms with van der Waals surface area (Å²) in [5, 5.41) is 7.22. The van der Waals surface area contributed by atoms with Gasteiger partial charge >= 0.3 is 11.8 Å². The van der Waals surface area contributed by atoms with E-state index in [1.165, 1.54) is 14.2 Å². The number of ether oxygens (including phenoxy) is 2. The normalized spacial score (nSPS) is 11.7. The fourth-order valence-electron chi connectivity index (χ4n) is 2.38. The number of nitrogens with one attached hydrogen (secondary N) is 2. The predicted molar refractivity (Wildman–Crippen MR) is 102 cm³/mol. The Hall–Kier alpha value is -2.58. The highest BCUT2D eigenvalue weighted by Gasteiger charge is 2.20. The molecule has 1 aromatic heterocycles. The summed E-state index contributed by atoms with van der Waals surface area (Å²) in [4.78, 5) is 27.5. The zero-order valence-corrected chi connectivity index (χ0v) is 16.1. The van der Waals surface area contributed by atoms with E-state index in [0.29, 0.717) is 23.7 Å². The van der Waals surface area contributed by atoms with Crippen molar-refractivity contribution in [2.24, 2.45) is 0 Å². The molecule has 0 saturated carbocycles. The van der Waals surface area contributed by atoms with Crippen molar-refractivity contribution in [3.05, 3.63) is 40.6 Å². The minimum atomic E-state index is -0.764. The Morgan fingerprint density at radius 2 is 1.92 bits per heavy atom. The molecule has 0 aliphatic rings. The summed E-state index contributed by atoms with van der Waals surface area (Å²) in [5.74, 6) is -0.484. The summed E-state index contributed by atoms with van der Waals surface area (Å²) in [5.41, 5.74) is 0.370. The lowest BCUT2D eigenvalue weighted by Gasteiger charge is -2.23. The van der Waals surface area contributed by atoms with Gasteiger partial charge in [-0.1, -0.05) is 6.07 Å². The Morgan fingerprint density at radius 1 is 1.15 bits per heavy atom. The van der Waals surface area contributed by atoms with E-state index in [9.17, 15) is 9.59 Å². The van der Waals surface area contributed by atoms with Crippen LogP contribution in [0.2, 0.25) is 0 Å². The number of anilines is 1. The van der Waals surface area contributed by atoms with Crippen LogP contribution >= 0.6 is 11.3 Å². The minimum Gasteiger partial charge on any atom is -0.497 e. The number of carbonyl (C=O) groups excluding carboxylic acids is 2. The topological polar surface area (TPSA) is 79.9 Å². The molecule has 1 heterocycles. The van der Waals surface area contributed by atoms with Gasteiger partial charge in [0, 0.05) is 17.5 Å². The lowest BCUT2D eigenvalue weighted by molar-refractivity contribution is -0.136. The smallest absolute Gasteiger partial charge is 0.313 e. The first-order valence-corrected chi connectivity index (χ1v) is 8.85. The lowest BCUT2D eigenvalue weighted by Crippen LogP contribution is -2.40. The lowest BCUT2D eigenvalue weighted by atomic mass is 10.2. The maximum Gasteiger partial charge on any atom is 0.313 e. The molecule has 26 heavy (non-hydrogen) atoms. The van der Waals surface area contributed by atoms with Crippen LogP contribution in [0.25, 0.3) is 0 Å². The zero-order valence-electron chi connectivity index (χ0n) is 15.2. The van der Waals surface area contributed by atoms with Gasteiger partial charge in [-0.3, -0.25) is 9.59 Å². The molecule has 2 rings (SSSR count). The molecule has 0 radical (unpaired) electrons. The molecular formula is C18H23N3O4S. The molecule has 8 heteroatoms. The number of rotatable bonds is 7. The largest absolute Gasteiger partial charge is 0.497 e. The second-order valence-corrected chi connectivity index (χ2v) is 6.70. The van der Waals surface area contributed by atoms with Gasteiger partial charge < -0.3 is 25.0 Å². The quantitative estimate of drug-likeness (QED) is 0.723. The van der Waals surface area contributed by atoms with Crippen LogP contribution in [0.1, 0.15) is 10.9 Å². The van der Waals surface area contributed by atoms with E-state index in [-0.39, 0.29) is 6.04 Å². The maximum atomic E-state index is 12.2. The van der Waals surface area contributed by atoms with Crippen LogP contribution in [-0.4, -0.2) is 51.6 Å². The van der Waals surface area contributed by atoms with Crippen LogP contribution in [0.5, 0.6) is 11.5 Å². The van der Waals surface area contributed by atoms with Crippen molar-refractivity contribution in [3.63, 3.8) is 0 Å². The molecule has 0 saturated heterocycles. The Bertz CT molecular complexity index is 747. The van der Waals surface area contributed by atoms with Gasteiger partial charge in [-0.05, 0) is 37.7 Å². The molecule has 0 spiro atoms. The van der Waals surface area contributed by atoms with Gasteiger partial charge in [0.1, 0.15) is 11.5 Å². The summed E-state index contributed by atoms with van der Waals surface area (Å²) < 4.78 is 10.3. The van der Waals surface area contributed by atoms with Gasteiger partial charge in [0.15, 0.2) is 0 Å². The second kappa shape index (κ2) is 9.21. The highest BCUT2D eigenvalue weighted by atomic mass is 32.1. The van der Waals surface area contributed by atoms with Gasteiger partial charge in [-0.15, -0.1) is 11.3 Å². The highest BCUT2D eigenvalue weighted by molar-refractivity contribution is 7.10. The van der Waals surface area contributed by atoms with Crippen LogP contribution in [0.4, 0.5) is 5.69 Å². The number of hydrogen-bond donors (Lipinski definition) is 2. The Balaban J connectivity index is 2.00. The van der Waals surface area contributed by atoms with Crippen molar-refractivity contribution in [1.29, 1.82) is 0 Å². The average molecular weight is 377 g/mol. The molecule has 0 unspecified atom stereocenters. The molecule has 2 amide bonds. The van der Waals surface area contributed by atoms with E-state index >= 15 is 0 Å². The number of carbonyl (C=O) groups is 2. The first-order valence-electron chi connectivity index (χ1n) is 7.97. The third-order valence-electron chi connectivity index (χ3n) is 3.81. The van der Waals surface area contributed by atoms with Gasteiger partial charge in [-0.2, -0.15) is 0 Å². The summed E-state index contributed by atoms with van der Waals surface area (Å²) in [7, 11) is 6.86. The van der Waals surface area contributed by atoms with E-state index in [4.69, 9.17) is 9.47 Å². The summed E-state index contributed by atoms with van der Waals surface area (Å²) >= 11 is 1.61. The van der Waals surface area contributed by atoms with E-state index < -0.39 is 11.8 Å². The number of likely N-dealkylation sites (N-methyl/N-ethyl adjacent to an activating group) is 1. The molecule has 140 valence electrons. The minimum absolute atomic E-state index is 0.00175. The zero-order chi connectivity index (χ0) is 19.1. The van der Waals surface area contributed by atoms with Gasteiger partial charge in [0.25, 0.3) is 0 Å². The molecular weight excluding hydrogens is 354 g/mol. The third kappa shape index (κ3) is 4.96. The van der Waals surface area contributed by atoms with Crippen molar-refractivity contribution >= 4 is 28.8 Å². The van der Waals surface area contributed by atoms with E-state index in [2.05, 4.69) is 10.6 Å². The molecule has 2 aromatic rings. The summed E-state index contributed by atoms with van der Waals surface area (Å²) in [6.07, 6.45) is 0. The molecule has 1 atom stereocenters. The molecule has 0 bridgehead atoms. The van der Waals surface area contributed by atoms with E-state index in [1.54, 1.807) is 29.5 Å². The van der Waals surface area contributed by atoms with Gasteiger partial charge in [0.05, 0.1) is 25.9 Å². The second-order valence-electron chi connectivity index (χ2n) is 5.73. The van der Waals surface area contributed by atoms with Crippen molar-refractivity contribution in [2.45, 2.75) is 6.04 Å². The van der Waals surface area contributed by atoms with Crippen molar-refractivity contribution in [2.75, 3.05) is 40.2 Å². The van der Waals surface area contributed by atoms with Gasteiger partial charge in [0.2, 0.25) is 0 Å². The molecule has 0 fully saturated rings. The summed E-state index contributed by atoms with van der Waals surface area (Å²) in [6.45, 7) is 0.328. The number of benzene rings is 1. The van der Waals surface area contributed by atoms with Crippen LogP contribution in [0.15, 0.2) is 35.7 Å². The Labute approximate surface area is 156 Å². The standard InChI is InChI=1S/C18H23N3O4S/c1-21(2)14(16-6-5-9-26-16)11-19-17(22)18(23)20-13-10-12(24-3)7-8-15(13)25-4/h5-10,14H,11H2,1-4H3,(H,19,22)(H,20,23)/t14-/m0/s1. The fraction of sp³-hybridized carbons (Fsp3) is 0.333. The van der Waals surface area contributed by atoms with Crippen molar-refractivity contribution < 1.29 is 19.1 Å². The summed E-state index contributed by atoms with van der Waals surface area (Å²) in [6, 6.07) is 8.92. The maximum absolute atomic E-state index is 12.2. The van der Waals surface area contributed by atoms with E-state index in [0.717, 1.165) is 4.88 Å². The predicted octanol–water partition coefficient (Wildman–Crippen LogP) is 2.12. The molecule has 2 N–H and O–H groups in total. The van der Waals surface area contributed by atoms with Crippen molar-refractivity contribution in [3.8, 4) is 11.5 Å². The van der Waals surface area contributed by atoms with Crippen molar-refractivity contribution in [1.82, 2.24) is 10.2 Å². The molecule has 0 aliphatic carbocycles. The SMILES string of the molecule is COc1ccc(OC)c(NC(=O)C(=O)NC[C@@H](c2cccs2)N(C)C)c1. The number of hydrogen-bond acceptors (Lipinski definition) is 6. The first-order chi connectivity index (χ1) is 12.5. The Morgan fingerprint density at radius 3 is 2.50 bits per heavy atom. The van der Waals surface area contributed by atoms with E-state index in [1.807, 2.05) is 36.5 Å². The first kappa shape index (κ1) is 19.7. The number of nitrogens with zero attached hydrogens (tertiary/aromatic N) is 1. The molecule has 0 aliphatic heterocycles. The van der Waals surface area contributed by atoms with Crippen LogP contribution < -0.4 is 20.1 Å².